The Labute approximate surface area is 111 Å². The zero-order valence-corrected chi connectivity index (χ0v) is 12.2. The molecule has 1 amide bonds. The summed E-state index contributed by atoms with van der Waals surface area (Å²) in [7, 11) is 0.607. The third-order valence-electron chi connectivity index (χ3n) is 1.93. The zero-order chi connectivity index (χ0) is 13.8. The topological polar surface area (TPSA) is 47.9 Å². The van der Waals surface area contributed by atoms with E-state index in [1.165, 1.54) is 7.11 Å². The summed E-state index contributed by atoms with van der Waals surface area (Å²) >= 11 is 0. The second-order valence-corrected chi connectivity index (χ2v) is 6.29. The lowest BCUT2D eigenvalue weighted by molar-refractivity contribution is 0.0607. The van der Waals surface area contributed by atoms with Crippen LogP contribution in [0.3, 0.4) is 0 Å². The Kier molecular flexibility index (Phi) is 5.04. The van der Waals surface area contributed by atoms with Crippen molar-refractivity contribution in [3.05, 3.63) is 29.8 Å². The molecule has 0 fully saturated rings. The van der Waals surface area contributed by atoms with Crippen molar-refractivity contribution in [2.45, 2.75) is 38.2 Å². The minimum Gasteiger partial charge on any atom is -0.442 e. The molecule has 1 rings (SSSR count). The fourth-order valence-corrected chi connectivity index (χ4v) is 2.10. The van der Waals surface area contributed by atoms with Crippen molar-refractivity contribution in [1.29, 1.82) is 0 Å². The molecule has 0 aliphatic carbocycles. The molecule has 1 aromatic rings. The molecule has 1 atom stereocenters. The zero-order valence-electron chi connectivity index (χ0n) is 11.4. The van der Waals surface area contributed by atoms with E-state index in [9.17, 15) is 4.79 Å². The lowest BCUT2D eigenvalue weighted by Crippen LogP contribution is -2.22. The molecule has 0 saturated heterocycles. The van der Waals surface area contributed by atoms with Gasteiger partial charge in [-0.1, -0.05) is 17.7 Å². The van der Waals surface area contributed by atoms with Crippen LogP contribution in [0.4, 0.5) is 4.79 Å². The minimum absolute atomic E-state index is 0.545. The Morgan fingerprint density at radius 1 is 1.22 bits per heavy atom. The maximum absolute atomic E-state index is 11.6. The lowest BCUT2D eigenvalue weighted by atomic mass is 10.2. The van der Waals surface area contributed by atoms with E-state index in [1.807, 2.05) is 31.2 Å². The van der Waals surface area contributed by atoms with E-state index in [2.05, 4.69) is 4.36 Å². The van der Waals surface area contributed by atoms with Crippen LogP contribution in [0.1, 0.15) is 26.3 Å². The average Bonchev–Trinajstić information content (AvgIpc) is 2.25. The van der Waals surface area contributed by atoms with Crippen molar-refractivity contribution in [3.8, 4) is 0 Å². The summed E-state index contributed by atoms with van der Waals surface area (Å²) in [5.41, 5.74) is 0.604. The van der Waals surface area contributed by atoms with Crippen molar-refractivity contribution >= 4 is 17.1 Å². The molecule has 0 heterocycles. The van der Waals surface area contributed by atoms with Gasteiger partial charge in [0.05, 0.1) is 18.1 Å². The van der Waals surface area contributed by atoms with E-state index in [0.717, 1.165) is 10.5 Å². The molecule has 18 heavy (non-hydrogen) atoms. The molecule has 5 heteroatoms. The Hall–Kier alpha value is -1.20. The molecule has 0 N–H and O–H groups in total. The van der Waals surface area contributed by atoms with Crippen LogP contribution in [-0.2, 0) is 19.9 Å². The lowest BCUT2D eigenvalue weighted by Gasteiger charge is -2.17. The van der Waals surface area contributed by atoms with E-state index in [1.54, 1.807) is 20.8 Å². The van der Waals surface area contributed by atoms with Crippen molar-refractivity contribution in [1.82, 2.24) is 0 Å². The van der Waals surface area contributed by atoms with Gasteiger partial charge in [0, 0.05) is 4.90 Å². The van der Waals surface area contributed by atoms with Gasteiger partial charge in [-0.15, -0.1) is 4.36 Å². The van der Waals surface area contributed by atoms with E-state index in [-0.39, 0.29) is 0 Å². The van der Waals surface area contributed by atoms with Crippen LogP contribution in [0, 0.1) is 6.92 Å². The Balaban J connectivity index is 2.89. The van der Waals surface area contributed by atoms with Gasteiger partial charge in [-0.05, 0) is 39.8 Å². The summed E-state index contributed by atoms with van der Waals surface area (Å²) in [5.74, 6) is 0. The van der Waals surface area contributed by atoms with E-state index < -0.39 is 22.7 Å². The van der Waals surface area contributed by atoms with Gasteiger partial charge in [-0.25, -0.2) is 4.79 Å². The van der Waals surface area contributed by atoms with E-state index >= 15 is 0 Å². The molecule has 1 unspecified atom stereocenters. The third-order valence-corrected chi connectivity index (χ3v) is 3.24. The molecule has 0 spiro atoms. The fourth-order valence-electron chi connectivity index (χ4n) is 1.19. The number of aryl methyl sites for hydroxylation is 1. The first-order valence-corrected chi connectivity index (χ1v) is 6.73. The van der Waals surface area contributed by atoms with Crippen LogP contribution in [0.2, 0.25) is 0 Å². The second-order valence-electron chi connectivity index (χ2n) is 4.80. The molecular weight excluding hydrogens is 250 g/mol. The van der Waals surface area contributed by atoms with Gasteiger partial charge in [0.1, 0.15) is 5.60 Å². The number of carbonyl (C=O) groups is 1. The van der Waals surface area contributed by atoms with Gasteiger partial charge < -0.3 is 8.92 Å². The first kappa shape index (κ1) is 14.9. The van der Waals surface area contributed by atoms with Crippen LogP contribution in [0.15, 0.2) is 33.5 Å². The van der Waals surface area contributed by atoms with Crippen LogP contribution in [0.5, 0.6) is 0 Å². The summed E-state index contributed by atoms with van der Waals surface area (Å²) in [5, 5.41) is 0. The van der Waals surface area contributed by atoms with Crippen molar-refractivity contribution in [2.75, 3.05) is 7.11 Å². The number of ether oxygens (including phenoxy) is 1. The molecule has 0 aliphatic rings. The first-order chi connectivity index (χ1) is 8.31. The monoisotopic (exact) mass is 269 g/mol. The number of carbonyl (C=O) groups excluding carboxylic acids is 1. The van der Waals surface area contributed by atoms with E-state index in [0.29, 0.717) is 0 Å². The predicted octanol–water partition coefficient (Wildman–Crippen LogP) is 3.65. The van der Waals surface area contributed by atoms with Crippen molar-refractivity contribution < 1.29 is 13.7 Å². The highest BCUT2D eigenvalue weighted by molar-refractivity contribution is 7.82. The number of rotatable bonds is 2. The summed E-state index contributed by atoms with van der Waals surface area (Å²) in [4.78, 5) is 12.5. The van der Waals surface area contributed by atoms with Gasteiger partial charge in [0.2, 0.25) is 0 Å². The quantitative estimate of drug-likeness (QED) is 0.823. The first-order valence-electron chi connectivity index (χ1n) is 5.62. The maximum atomic E-state index is 11.6. The van der Waals surface area contributed by atoms with Crippen LogP contribution in [0.25, 0.3) is 0 Å². The summed E-state index contributed by atoms with van der Waals surface area (Å²) in [6.45, 7) is 7.41. The number of amides is 1. The SMILES string of the molecule is COS(=NC(=O)OC(C)(C)C)c1ccc(C)cc1. The van der Waals surface area contributed by atoms with Gasteiger partial charge in [-0.2, -0.15) is 0 Å². The molecule has 100 valence electrons. The molecule has 0 radical (unpaired) electrons. The standard InChI is InChI=1S/C13H19NO3S/c1-10-6-8-11(9-7-10)18(16-5)14-12(15)17-13(2,3)4/h6-9H,1-5H3. The minimum atomic E-state index is -0.917. The normalized spacial score (nSPS) is 13.4. The predicted molar refractivity (Wildman–Crippen MR) is 72.5 cm³/mol. The molecule has 0 saturated carbocycles. The highest BCUT2D eigenvalue weighted by Gasteiger charge is 2.16. The van der Waals surface area contributed by atoms with Crippen LogP contribution < -0.4 is 0 Å². The average molecular weight is 269 g/mol. The van der Waals surface area contributed by atoms with Gasteiger partial charge in [0.15, 0.2) is 0 Å². The fraction of sp³-hybridized carbons (Fsp3) is 0.462. The number of nitrogens with zero attached hydrogens (tertiary/aromatic N) is 1. The van der Waals surface area contributed by atoms with Crippen LogP contribution in [-0.4, -0.2) is 18.8 Å². The molecule has 0 bridgehead atoms. The molecule has 0 aliphatic heterocycles. The smallest absolute Gasteiger partial charge is 0.442 e. The summed E-state index contributed by atoms with van der Waals surface area (Å²) in [6, 6.07) is 7.71. The number of benzene rings is 1. The summed E-state index contributed by atoms with van der Waals surface area (Å²) < 4.78 is 14.3. The highest BCUT2D eigenvalue weighted by atomic mass is 32.2. The largest absolute Gasteiger partial charge is 0.442 e. The van der Waals surface area contributed by atoms with Gasteiger partial charge >= 0.3 is 6.09 Å². The highest BCUT2D eigenvalue weighted by Crippen LogP contribution is 2.14. The molecule has 1 aromatic carbocycles. The second kappa shape index (κ2) is 6.11. The number of hydrogen-bond donors (Lipinski definition) is 0. The van der Waals surface area contributed by atoms with Gasteiger partial charge in [0.25, 0.3) is 0 Å². The van der Waals surface area contributed by atoms with Crippen LogP contribution >= 0.6 is 0 Å². The Morgan fingerprint density at radius 3 is 2.22 bits per heavy atom. The number of hydrogen-bond acceptors (Lipinski definition) is 3. The maximum Gasteiger partial charge on any atom is 0.442 e. The Bertz CT molecular complexity index is 446. The molecule has 0 aromatic heterocycles. The third kappa shape index (κ3) is 4.98. The van der Waals surface area contributed by atoms with Gasteiger partial charge in [-0.3, -0.25) is 0 Å². The Morgan fingerprint density at radius 2 is 1.78 bits per heavy atom. The van der Waals surface area contributed by atoms with E-state index in [4.69, 9.17) is 8.92 Å². The molecular formula is C13H19NO3S. The van der Waals surface area contributed by atoms with Crippen molar-refractivity contribution in [2.24, 2.45) is 4.36 Å². The molecule has 4 nitrogen and oxygen atoms in total. The van der Waals surface area contributed by atoms with Crippen molar-refractivity contribution in [3.63, 3.8) is 0 Å². The summed E-state index contributed by atoms with van der Waals surface area (Å²) in [6.07, 6.45) is -0.603.